The van der Waals surface area contributed by atoms with Crippen molar-refractivity contribution in [3.63, 3.8) is 0 Å². The standard InChI is InChI=1S/C17H22ClN5O.ClH/c1-2-6-15-21-16(17(24)20-11-12-7-5-10-19-12)22-23(15)14-9-4-3-8-13(14)18;/h3-4,8-9,12,19H,2,5-7,10-11H2,1H3,(H,20,24);1H. The zero-order valence-electron chi connectivity index (χ0n) is 14.2. The van der Waals surface area contributed by atoms with E-state index in [9.17, 15) is 4.79 Å². The molecule has 1 aromatic carbocycles. The van der Waals surface area contributed by atoms with E-state index in [2.05, 4.69) is 27.6 Å². The van der Waals surface area contributed by atoms with Gasteiger partial charge in [-0.3, -0.25) is 4.79 Å². The Labute approximate surface area is 158 Å². The summed E-state index contributed by atoms with van der Waals surface area (Å²) < 4.78 is 1.68. The van der Waals surface area contributed by atoms with Crippen LogP contribution >= 0.6 is 24.0 Å². The second kappa shape index (κ2) is 9.17. The van der Waals surface area contributed by atoms with Crippen molar-refractivity contribution in [3.05, 3.63) is 40.9 Å². The summed E-state index contributed by atoms with van der Waals surface area (Å²) in [5.41, 5.74) is 0.742. The highest BCUT2D eigenvalue weighted by atomic mass is 35.5. The minimum Gasteiger partial charge on any atom is -0.348 e. The largest absolute Gasteiger partial charge is 0.348 e. The molecular weight excluding hydrogens is 361 g/mol. The average Bonchev–Trinajstić information content (AvgIpc) is 3.23. The maximum absolute atomic E-state index is 12.4. The molecule has 2 N–H and O–H groups in total. The van der Waals surface area contributed by atoms with Gasteiger partial charge in [0.2, 0.25) is 5.82 Å². The molecule has 1 aliphatic rings. The van der Waals surface area contributed by atoms with Crippen LogP contribution in [0.5, 0.6) is 0 Å². The quantitative estimate of drug-likeness (QED) is 0.804. The number of hydrogen-bond acceptors (Lipinski definition) is 4. The lowest BCUT2D eigenvalue weighted by atomic mass is 10.2. The normalized spacial score (nSPS) is 16.5. The lowest BCUT2D eigenvalue weighted by Gasteiger charge is -2.09. The number of para-hydroxylation sites is 1. The van der Waals surface area contributed by atoms with Crippen LogP contribution in [0.25, 0.3) is 5.69 Å². The molecule has 2 heterocycles. The van der Waals surface area contributed by atoms with Gasteiger partial charge < -0.3 is 10.6 Å². The second-order valence-electron chi connectivity index (χ2n) is 5.97. The number of hydrogen-bond donors (Lipinski definition) is 2. The summed E-state index contributed by atoms with van der Waals surface area (Å²) in [4.78, 5) is 16.8. The first kappa shape index (κ1) is 19.7. The molecule has 0 saturated carbocycles. The first-order valence-corrected chi connectivity index (χ1v) is 8.79. The highest BCUT2D eigenvalue weighted by Gasteiger charge is 2.20. The number of halogens is 2. The molecule has 0 spiro atoms. The van der Waals surface area contributed by atoms with Gasteiger partial charge in [0, 0.05) is 19.0 Å². The number of rotatable bonds is 6. The van der Waals surface area contributed by atoms with E-state index in [0.29, 0.717) is 17.6 Å². The maximum Gasteiger partial charge on any atom is 0.291 e. The Hall–Kier alpha value is -1.63. The molecule has 1 aliphatic heterocycles. The predicted molar refractivity (Wildman–Crippen MR) is 101 cm³/mol. The molecule has 3 rings (SSSR count). The van der Waals surface area contributed by atoms with E-state index < -0.39 is 0 Å². The van der Waals surface area contributed by atoms with Crippen LogP contribution in [-0.2, 0) is 6.42 Å². The van der Waals surface area contributed by atoms with Gasteiger partial charge in [-0.2, -0.15) is 0 Å². The number of carbonyl (C=O) groups excluding carboxylic acids is 1. The summed E-state index contributed by atoms with van der Waals surface area (Å²) in [6.45, 7) is 3.68. The SMILES string of the molecule is CCCc1nc(C(=O)NCC2CCCN2)nn1-c1ccccc1Cl.Cl. The fourth-order valence-electron chi connectivity index (χ4n) is 2.87. The molecule has 2 aromatic rings. The van der Waals surface area contributed by atoms with Gasteiger partial charge in [0.25, 0.3) is 5.91 Å². The van der Waals surface area contributed by atoms with Crippen molar-refractivity contribution in [2.45, 2.75) is 38.6 Å². The molecule has 1 atom stereocenters. The molecule has 1 amide bonds. The van der Waals surface area contributed by atoms with Crippen molar-refractivity contribution >= 4 is 29.9 Å². The Morgan fingerprint density at radius 2 is 2.24 bits per heavy atom. The Morgan fingerprint density at radius 1 is 1.44 bits per heavy atom. The third-order valence-electron chi connectivity index (χ3n) is 4.10. The topological polar surface area (TPSA) is 71.8 Å². The fourth-order valence-corrected chi connectivity index (χ4v) is 3.08. The van der Waals surface area contributed by atoms with E-state index in [1.54, 1.807) is 10.7 Å². The zero-order chi connectivity index (χ0) is 16.9. The molecule has 6 nitrogen and oxygen atoms in total. The Morgan fingerprint density at radius 3 is 2.92 bits per heavy atom. The summed E-state index contributed by atoms with van der Waals surface area (Å²) in [6.07, 6.45) is 3.88. The van der Waals surface area contributed by atoms with Gasteiger partial charge in [-0.1, -0.05) is 30.7 Å². The van der Waals surface area contributed by atoms with Crippen molar-refractivity contribution in [1.29, 1.82) is 0 Å². The van der Waals surface area contributed by atoms with Crippen LogP contribution in [0.3, 0.4) is 0 Å². The van der Waals surface area contributed by atoms with Gasteiger partial charge in [-0.05, 0) is 37.9 Å². The van der Waals surface area contributed by atoms with Gasteiger partial charge in [-0.25, -0.2) is 9.67 Å². The zero-order valence-corrected chi connectivity index (χ0v) is 15.7. The Bertz CT molecular complexity index is 713. The van der Waals surface area contributed by atoms with Gasteiger partial charge in [0.05, 0.1) is 10.7 Å². The summed E-state index contributed by atoms with van der Waals surface area (Å²) >= 11 is 6.27. The van der Waals surface area contributed by atoms with Crippen molar-refractivity contribution in [1.82, 2.24) is 25.4 Å². The second-order valence-corrected chi connectivity index (χ2v) is 6.38. The molecule has 1 aromatic heterocycles. The summed E-state index contributed by atoms with van der Waals surface area (Å²) in [5.74, 6) is 0.693. The summed E-state index contributed by atoms with van der Waals surface area (Å²) in [7, 11) is 0. The van der Waals surface area contributed by atoms with Crippen LogP contribution < -0.4 is 10.6 Å². The highest BCUT2D eigenvalue weighted by molar-refractivity contribution is 6.32. The van der Waals surface area contributed by atoms with Crippen LogP contribution in [0, 0.1) is 0 Å². The third kappa shape index (κ3) is 4.71. The number of benzene rings is 1. The van der Waals surface area contributed by atoms with Crippen molar-refractivity contribution < 1.29 is 4.79 Å². The molecule has 0 aliphatic carbocycles. The minimum atomic E-state index is -0.244. The van der Waals surface area contributed by atoms with Crippen molar-refractivity contribution in [2.24, 2.45) is 0 Å². The van der Waals surface area contributed by atoms with Gasteiger partial charge in [0.1, 0.15) is 5.82 Å². The lowest BCUT2D eigenvalue weighted by molar-refractivity contribution is 0.0940. The molecule has 0 radical (unpaired) electrons. The van der Waals surface area contributed by atoms with Crippen LogP contribution in [0.2, 0.25) is 5.02 Å². The number of aromatic nitrogens is 3. The van der Waals surface area contributed by atoms with Crippen LogP contribution in [-0.4, -0.2) is 39.8 Å². The minimum absolute atomic E-state index is 0. The number of nitrogens with one attached hydrogen (secondary N) is 2. The van der Waals surface area contributed by atoms with Gasteiger partial charge in [-0.15, -0.1) is 17.5 Å². The van der Waals surface area contributed by atoms with E-state index >= 15 is 0 Å². The number of aryl methyl sites for hydroxylation is 1. The number of amides is 1. The van der Waals surface area contributed by atoms with Crippen molar-refractivity contribution in [2.75, 3.05) is 13.1 Å². The number of nitrogens with zero attached hydrogens (tertiary/aromatic N) is 3. The van der Waals surface area contributed by atoms with E-state index in [-0.39, 0.29) is 24.1 Å². The van der Waals surface area contributed by atoms with Crippen molar-refractivity contribution in [3.8, 4) is 5.69 Å². The molecule has 1 unspecified atom stereocenters. The molecule has 136 valence electrons. The smallest absolute Gasteiger partial charge is 0.291 e. The molecule has 25 heavy (non-hydrogen) atoms. The predicted octanol–water partition coefficient (Wildman–Crippen LogP) is 2.78. The Kier molecular flexibility index (Phi) is 7.23. The monoisotopic (exact) mass is 383 g/mol. The number of carbonyl (C=O) groups is 1. The molecule has 0 bridgehead atoms. The Balaban J connectivity index is 0.00000225. The van der Waals surface area contributed by atoms with E-state index in [0.717, 1.165) is 43.7 Å². The summed E-state index contributed by atoms with van der Waals surface area (Å²) in [6, 6.07) is 7.78. The van der Waals surface area contributed by atoms with Crippen LogP contribution in [0.4, 0.5) is 0 Å². The van der Waals surface area contributed by atoms with Crippen LogP contribution in [0.15, 0.2) is 24.3 Å². The van der Waals surface area contributed by atoms with Gasteiger partial charge >= 0.3 is 0 Å². The first-order valence-electron chi connectivity index (χ1n) is 8.41. The van der Waals surface area contributed by atoms with E-state index in [1.165, 1.54) is 0 Å². The third-order valence-corrected chi connectivity index (χ3v) is 4.42. The first-order chi connectivity index (χ1) is 11.7. The molecule has 1 fully saturated rings. The fraction of sp³-hybridized carbons (Fsp3) is 0.471. The van der Waals surface area contributed by atoms with Crippen LogP contribution in [0.1, 0.15) is 42.6 Å². The molecule has 1 saturated heterocycles. The van der Waals surface area contributed by atoms with E-state index in [1.807, 2.05) is 18.2 Å². The molecule has 8 heteroatoms. The average molecular weight is 384 g/mol. The maximum atomic E-state index is 12.4. The highest BCUT2D eigenvalue weighted by Crippen LogP contribution is 2.21. The molecular formula is C17H23Cl2N5O. The lowest BCUT2D eigenvalue weighted by Crippen LogP contribution is -2.37. The van der Waals surface area contributed by atoms with E-state index in [4.69, 9.17) is 11.6 Å². The summed E-state index contributed by atoms with van der Waals surface area (Å²) in [5, 5.41) is 11.3. The van der Waals surface area contributed by atoms with Gasteiger partial charge in [0.15, 0.2) is 0 Å².